The minimum absolute atomic E-state index is 0.0597. The Morgan fingerprint density at radius 3 is 2.32 bits per heavy atom. The van der Waals surface area contributed by atoms with Crippen molar-refractivity contribution >= 4 is 17.2 Å². The number of aryl methyl sites for hydroxylation is 1. The predicted molar refractivity (Wildman–Crippen MR) is 151 cm³/mol. The monoisotopic (exact) mass is 525 g/mol. The molecule has 0 radical (unpaired) electrons. The highest BCUT2D eigenvalue weighted by atomic mass is 32.1. The number of nitrogens with zero attached hydrogens (tertiary/aromatic N) is 3. The van der Waals surface area contributed by atoms with Crippen LogP contribution in [0.15, 0.2) is 53.7 Å². The van der Waals surface area contributed by atoms with Crippen LogP contribution in [0, 0.1) is 6.92 Å². The van der Waals surface area contributed by atoms with E-state index < -0.39 is 6.29 Å². The summed E-state index contributed by atoms with van der Waals surface area (Å²) in [5.74, 6) is 1.47. The Bertz CT molecular complexity index is 1110. The molecule has 37 heavy (non-hydrogen) atoms. The zero-order chi connectivity index (χ0) is 26.6. The fourth-order valence-electron chi connectivity index (χ4n) is 3.76. The highest BCUT2D eigenvalue weighted by Crippen LogP contribution is 2.30. The van der Waals surface area contributed by atoms with Gasteiger partial charge in [0.15, 0.2) is 5.84 Å². The quantitative estimate of drug-likeness (QED) is 0.0648. The van der Waals surface area contributed by atoms with Crippen LogP contribution in [-0.2, 0) is 6.42 Å². The summed E-state index contributed by atoms with van der Waals surface area (Å²) in [6, 6.07) is 15.2. The van der Waals surface area contributed by atoms with E-state index in [0.717, 1.165) is 67.3 Å². The Morgan fingerprint density at radius 2 is 1.73 bits per heavy atom. The van der Waals surface area contributed by atoms with Gasteiger partial charge in [-0.15, -0.1) is 11.3 Å². The van der Waals surface area contributed by atoms with Crippen molar-refractivity contribution < 1.29 is 14.7 Å². The van der Waals surface area contributed by atoms with Gasteiger partial charge in [-0.25, -0.2) is 4.98 Å². The van der Waals surface area contributed by atoms with E-state index in [4.69, 9.17) is 25.4 Å². The summed E-state index contributed by atoms with van der Waals surface area (Å²) in [5, 5.41) is 16.5. The van der Waals surface area contributed by atoms with Crippen molar-refractivity contribution in [2.45, 2.75) is 45.8 Å². The number of benzene rings is 2. The molecule has 0 bridgehead atoms. The first-order valence-electron chi connectivity index (χ1n) is 12.7. The second kappa shape index (κ2) is 14.6. The summed E-state index contributed by atoms with van der Waals surface area (Å²) in [4.78, 5) is 8.28. The van der Waals surface area contributed by atoms with Gasteiger partial charge in [-0.1, -0.05) is 18.5 Å². The van der Waals surface area contributed by atoms with Crippen molar-refractivity contribution in [3.05, 3.63) is 64.0 Å². The van der Waals surface area contributed by atoms with E-state index >= 15 is 0 Å². The molecule has 200 valence electrons. The fraction of sp³-hybridized carbons (Fsp3) is 0.429. The van der Waals surface area contributed by atoms with Crippen LogP contribution >= 0.6 is 11.3 Å². The van der Waals surface area contributed by atoms with Crippen LogP contribution in [0.25, 0.3) is 11.3 Å². The largest absolute Gasteiger partial charge is 0.455 e. The molecule has 0 saturated carbocycles. The van der Waals surface area contributed by atoms with E-state index in [1.54, 1.807) is 35.6 Å². The summed E-state index contributed by atoms with van der Waals surface area (Å²) in [5.41, 5.74) is 8.41. The molecule has 3 rings (SSSR count). The van der Waals surface area contributed by atoms with E-state index in [1.807, 2.05) is 12.1 Å². The second-order valence-corrected chi connectivity index (χ2v) is 10.4. The van der Waals surface area contributed by atoms with Crippen molar-refractivity contribution in [3.8, 4) is 22.8 Å². The molecule has 1 atom stereocenters. The summed E-state index contributed by atoms with van der Waals surface area (Å²) >= 11 is 1.76. The molecule has 0 spiro atoms. The molecule has 0 amide bonds. The number of rotatable bonds is 15. The molecule has 2 aromatic carbocycles. The van der Waals surface area contributed by atoms with E-state index in [0.29, 0.717) is 11.3 Å². The lowest BCUT2D eigenvalue weighted by Crippen LogP contribution is -2.27. The van der Waals surface area contributed by atoms with Crippen LogP contribution in [0.2, 0.25) is 0 Å². The molecular weight excluding hydrogens is 486 g/mol. The lowest BCUT2D eigenvalue weighted by molar-refractivity contribution is -0.00211. The molecule has 1 heterocycles. The van der Waals surface area contributed by atoms with Crippen molar-refractivity contribution in [1.29, 1.82) is 0 Å². The molecule has 0 aliphatic carbocycles. The molecular formula is C28H39N5O3S. The number of oxime groups is 1. The average molecular weight is 526 g/mol. The van der Waals surface area contributed by atoms with Crippen LogP contribution in [0.3, 0.4) is 0 Å². The Balaban J connectivity index is 1.64. The third-order valence-corrected chi connectivity index (χ3v) is 6.81. The number of nitrogens with one attached hydrogen (secondary N) is 1. The lowest BCUT2D eigenvalue weighted by Gasteiger charge is -2.21. The number of likely N-dealkylation sites (N-methyl/N-ethyl adjacent to an activating group) is 1. The number of ether oxygens (including phenoxy) is 2. The lowest BCUT2D eigenvalue weighted by atomic mass is 10.1. The molecule has 3 aromatic rings. The Kier molecular flexibility index (Phi) is 11.2. The second-order valence-electron chi connectivity index (χ2n) is 9.15. The molecule has 0 aliphatic heterocycles. The highest BCUT2D eigenvalue weighted by molar-refractivity contribution is 7.12. The minimum atomic E-state index is -0.425. The van der Waals surface area contributed by atoms with Gasteiger partial charge in [0.05, 0.1) is 10.7 Å². The standard InChI is InChI=1S/C28H39N5O3S/c1-5-6-7-26(36-24-14-10-22(11-15-24)28(29)32-34)35-23-12-8-21(9-13-23)27-25(37-20(2)31-27)16-17-30-18-19-33(3)4/h8-15,26,30,34H,5-7,16-19H2,1-4H3,(H2,29,32). The average Bonchev–Trinajstić information content (AvgIpc) is 3.27. The number of thiazole rings is 1. The van der Waals surface area contributed by atoms with Crippen molar-refractivity contribution in [2.24, 2.45) is 10.9 Å². The van der Waals surface area contributed by atoms with Gasteiger partial charge in [0, 0.05) is 42.1 Å². The Labute approximate surface area is 224 Å². The fourth-order valence-corrected chi connectivity index (χ4v) is 4.72. The van der Waals surface area contributed by atoms with Gasteiger partial charge in [-0.05, 0) is 82.4 Å². The summed E-state index contributed by atoms with van der Waals surface area (Å²) < 4.78 is 12.3. The van der Waals surface area contributed by atoms with E-state index in [-0.39, 0.29) is 5.84 Å². The molecule has 4 N–H and O–H groups in total. The first kappa shape index (κ1) is 28.4. The van der Waals surface area contributed by atoms with Gasteiger partial charge in [0.25, 0.3) is 0 Å². The number of unbranched alkanes of at least 4 members (excludes halogenated alkanes) is 1. The summed E-state index contributed by atoms with van der Waals surface area (Å²) in [6.45, 7) is 7.13. The SMILES string of the molecule is CCCCC(Oc1ccc(C(N)=NO)cc1)Oc1ccc(-c2nc(C)sc2CCNCCN(C)C)cc1. The van der Waals surface area contributed by atoms with Gasteiger partial charge in [0.2, 0.25) is 6.29 Å². The van der Waals surface area contributed by atoms with Crippen molar-refractivity contribution in [1.82, 2.24) is 15.2 Å². The van der Waals surface area contributed by atoms with Crippen molar-refractivity contribution in [2.75, 3.05) is 33.7 Å². The van der Waals surface area contributed by atoms with Crippen molar-refractivity contribution in [3.63, 3.8) is 0 Å². The number of hydrogen-bond acceptors (Lipinski definition) is 8. The van der Waals surface area contributed by atoms with Crippen LogP contribution < -0.4 is 20.5 Å². The molecule has 0 saturated heterocycles. The van der Waals surface area contributed by atoms with Gasteiger partial charge < -0.3 is 30.6 Å². The smallest absolute Gasteiger partial charge is 0.241 e. The third-order valence-electron chi connectivity index (χ3n) is 5.78. The van der Waals surface area contributed by atoms with Crippen LogP contribution in [-0.4, -0.2) is 60.9 Å². The predicted octanol–water partition coefficient (Wildman–Crippen LogP) is 4.88. The number of aromatic nitrogens is 1. The first-order chi connectivity index (χ1) is 17.9. The summed E-state index contributed by atoms with van der Waals surface area (Å²) in [6.07, 6.45) is 3.31. The number of hydrogen-bond donors (Lipinski definition) is 3. The van der Waals surface area contributed by atoms with E-state index in [1.165, 1.54) is 4.88 Å². The van der Waals surface area contributed by atoms with Crippen LogP contribution in [0.4, 0.5) is 0 Å². The van der Waals surface area contributed by atoms with E-state index in [2.05, 4.69) is 55.4 Å². The normalized spacial score (nSPS) is 12.6. The zero-order valence-electron chi connectivity index (χ0n) is 22.2. The van der Waals surface area contributed by atoms with Gasteiger partial charge in [-0.2, -0.15) is 0 Å². The summed E-state index contributed by atoms with van der Waals surface area (Å²) in [7, 11) is 4.17. The zero-order valence-corrected chi connectivity index (χ0v) is 23.1. The molecule has 0 aliphatic rings. The molecule has 9 heteroatoms. The molecule has 1 unspecified atom stereocenters. The van der Waals surface area contributed by atoms with Crippen LogP contribution in [0.5, 0.6) is 11.5 Å². The molecule has 1 aromatic heterocycles. The molecule has 0 fully saturated rings. The first-order valence-corrected chi connectivity index (χ1v) is 13.5. The van der Waals surface area contributed by atoms with E-state index in [9.17, 15) is 0 Å². The molecule has 8 nitrogen and oxygen atoms in total. The number of nitrogens with two attached hydrogens (primary N) is 1. The highest BCUT2D eigenvalue weighted by Gasteiger charge is 2.15. The number of amidine groups is 1. The maximum absolute atomic E-state index is 8.85. The van der Waals surface area contributed by atoms with Gasteiger partial charge in [0.1, 0.15) is 11.5 Å². The maximum Gasteiger partial charge on any atom is 0.241 e. The minimum Gasteiger partial charge on any atom is -0.455 e. The Morgan fingerprint density at radius 1 is 1.08 bits per heavy atom. The third kappa shape index (κ3) is 9.03. The topological polar surface area (TPSA) is 105 Å². The maximum atomic E-state index is 8.85. The van der Waals surface area contributed by atoms with Crippen LogP contribution in [0.1, 0.15) is 41.6 Å². The Hall–Kier alpha value is -3.14. The van der Waals surface area contributed by atoms with Gasteiger partial charge >= 0.3 is 0 Å². The van der Waals surface area contributed by atoms with Gasteiger partial charge in [-0.3, -0.25) is 0 Å².